The lowest BCUT2D eigenvalue weighted by molar-refractivity contribution is 0.182. The van der Waals surface area contributed by atoms with Gasteiger partial charge in [-0.05, 0) is 39.8 Å². The van der Waals surface area contributed by atoms with E-state index < -0.39 is 0 Å². The standard InChI is InChI=1S/C17H22N4O2/c1-11-6-5-7-14-18-13-8-9-20(16(23)19-17(2,3)4)10-12(13)15(22)21(11)14/h5-7H,8-10H2,1-4H3,(H,19,23). The van der Waals surface area contributed by atoms with Crippen LogP contribution < -0.4 is 10.9 Å². The Morgan fingerprint density at radius 3 is 2.74 bits per heavy atom. The number of aromatic nitrogens is 2. The minimum Gasteiger partial charge on any atom is -0.333 e. The average Bonchev–Trinajstić information content (AvgIpc) is 2.45. The maximum Gasteiger partial charge on any atom is 0.318 e. The number of amides is 2. The fourth-order valence-corrected chi connectivity index (χ4v) is 2.87. The molecule has 0 bridgehead atoms. The Morgan fingerprint density at radius 2 is 2.04 bits per heavy atom. The lowest BCUT2D eigenvalue weighted by Gasteiger charge is -2.31. The smallest absolute Gasteiger partial charge is 0.318 e. The molecule has 0 atom stereocenters. The number of rotatable bonds is 0. The van der Waals surface area contributed by atoms with Gasteiger partial charge >= 0.3 is 6.03 Å². The quantitative estimate of drug-likeness (QED) is 0.807. The van der Waals surface area contributed by atoms with E-state index in [2.05, 4.69) is 10.3 Å². The van der Waals surface area contributed by atoms with Crippen LogP contribution in [-0.4, -0.2) is 32.4 Å². The van der Waals surface area contributed by atoms with Crippen molar-refractivity contribution in [3.63, 3.8) is 0 Å². The minimum atomic E-state index is -0.301. The van der Waals surface area contributed by atoms with Gasteiger partial charge in [0.2, 0.25) is 0 Å². The molecule has 6 heteroatoms. The van der Waals surface area contributed by atoms with Crippen molar-refractivity contribution in [1.82, 2.24) is 19.6 Å². The zero-order valence-electron chi connectivity index (χ0n) is 14.0. The molecule has 0 unspecified atom stereocenters. The number of hydrogen-bond acceptors (Lipinski definition) is 3. The molecular formula is C17H22N4O2. The molecule has 122 valence electrons. The summed E-state index contributed by atoms with van der Waals surface area (Å²) in [5.41, 5.74) is 2.56. The average molecular weight is 314 g/mol. The number of fused-ring (bicyclic) bond motifs is 2. The van der Waals surface area contributed by atoms with Gasteiger partial charge in [-0.15, -0.1) is 0 Å². The number of hydrogen-bond donors (Lipinski definition) is 1. The molecule has 23 heavy (non-hydrogen) atoms. The summed E-state index contributed by atoms with van der Waals surface area (Å²) >= 11 is 0. The SMILES string of the molecule is Cc1cccc2nc3c(c(=O)n12)CN(C(=O)NC(C)(C)C)CC3. The molecule has 2 amide bonds. The zero-order valence-corrected chi connectivity index (χ0v) is 14.0. The third kappa shape index (κ3) is 2.93. The van der Waals surface area contributed by atoms with Crippen LogP contribution in [0.5, 0.6) is 0 Å². The second kappa shape index (κ2) is 5.37. The fraction of sp³-hybridized carbons (Fsp3) is 0.471. The first-order chi connectivity index (χ1) is 10.8. The van der Waals surface area contributed by atoms with E-state index in [1.165, 1.54) is 0 Å². The van der Waals surface area contributed by atoms with Crippen LogP contribution in [-0.2, 0) is 13.0 Å². The second-order valence-corrected chi connectivity index (χ2v) is 7.05. The van der Waals surface area contributed by atoms with Crippen LogP contribution in [0.2, 0.25) is 0 Å². The van der Waals surface area contributed by atoms with E-state index in [1.807, 2.05) is 45.9 Å². The summed E-state index contributed by atoms with van der Waals surface area (Å²) < 4.78 is 1.62. The van der Waals surface area contributed by atoms with Crippen LogP contribution in [0.3, 0.4) is 0 Å². The number of pyridine rings is 1. The van der Waals surface area contributed by atoms with Crippen LogP contribution >= 0.6 is 0 Å². The molecule has 1 N–H and O–H groups in total. The third-order valence-corrected chi connectivity index (χ3v) is 3.96. The van der Waals surface area contributed by atoms with Crippen molar-refractivity contribution in [2.45, 2.75) is 46.2 Å². The summed E-state index contributed by atoms with van der Waals surface area (Å²) in [6, 6.07) is 5.48. The largest absolute Gasteiger partial charge is 0.333 e. The van der Waals surface area contributed by atoms with Crippen molar-refractivity contribution < 1.29 is 4.79 Å². The molecule has 3 heterocycles. The second-order valence-electron chi connectivity index (χ2n) is 7.05. The molecule has 0 aromatic carbocycles. The van der Waals surface area contributed by atoms with Gasteiger partial charge < -0.3 is 10.2 Å². The van der Waals surface area contributed by atoms with Crippen molar-refractivity contribution >= 4 is 11.7 Å². The molecule has 0 aliphatic carbocycles. The van der Waals surface area contributed by atoms with E-state index in [0.29, 0.717) is 30.7 Å². The summed E-state index contributed by atoms with van der Waals surface area (Å²) in [6.45, 7) is 8.58. The molecule has 0 saturated carbocycles. The summed E-state index contributed by atoms with van der Waals surface area (Å²) in [6.07, 6.45) is 0.604. The predicted octanol–water partition coefficient (Wildman–Crippen LogP) is 1.87. The van der Waals surface area contributed by atoms with Crippen molar-refractivity contribution in [2.75, 3.05) is 6.54 Å². The Kier molecular flexibility index (Phi) is 3.62. The Balaban J connectivity index is 1.99. The summed E-state index contributed by atoms with van der Waals surface area (Å²) in [5.74, 6) is 0. The lowest BCUT2D eigenvalue weighted by atomic mass is 10.1. The normalized spacial score (nSPS) is 14.7. The number of nitrogens with one attached hydrogen (secondary N) is 1. The molecule has 6 nitrogen and oxygen atoms in total. The maximum absolute atomic E-state index is 12.8. The van der Waals surface area contributed by atoms with Crippen LogP contribution in [0.25, 0.3) is 5.65 Å². The van der Waals surface area contributed by atoms with E-state index in [1.54, 1.807) is 9.30 Å². The highest BCUT2D eigenvalue weighted by atomic mass is 16.2. The Labute approximate surface area is 135 Å². The van der Waals surface area contributed by atoms with Gasteiger partial charge in [-0.2, -0.15) is 0 Å². The van der Waals surface area contributed by atoms with Gasteiger partial charge in [0.05, 0.1) is 17.8 Å². The maximum atomic E-state index is 12.8. The monoisotopic (exact) mass is 314 g/mol. The molecule has 2 aromatic rings. The Morgan fingerprint density at radius 1 is 1.30 bits per heavy atom. The van der Waals surface area contributed by atoms with Crippen LogP contribution in [0, 0.1) is 6.92 Å². The molecule has 1 aliphatic rings. The van der Waals surface area contributed by atoms with Gasteiger partial charge in [0, 0.05) is 24.2 Å². The highest BCUT2D eigenvalue weighted by molar-refractivity contribution is 5.75. The van der Waals surface area contributed by atoms with Crippen LogP contribution in [0.15, 0.2) is 23.0 Å². The van der Waals surface area contributed by atoms with E-state index in [-0.39, 0.29) is 17.1 Å². The molecule has 1 aliphatic heterocycles. The molecule has 0 spiro atoms. The highest BCUT2D eigenvalue weighted by Crippen LogP contribution is 2.16. The number of urea groups is 1. The van der Waals surface area contributed by atoms with Crippen LogP contribution in [0.1, 0.15) is 37.7 Å². The summed E-state index contributed by atoms with van der Waals surface area (Å²) in [5, 5.41) is 2.95. The van der Waals surface area contributed by atoms with Crippen molar-refractivity contribution in [2.24, 2.45) is 0 Å². The van der Waals surface area contributed by atoms with E-state index in [9.17, 15) is 9.59 Å². The number of carbonyl (C=O) groups is 1. The van der Waals surface area contributed by atoms with Gasteiger partial charge in [0.25, 0.3) is 5.56 Å². The molecular weight excluding hydrogens is 292 g/mol. The first-order valence-electron chi connectivity index (χ1n) is 7.83. The molecule has 3 rings (SSSR count). The molecule has 0 radical (unpaired) electrons. The van der Waals surface area contributed by atoms with Gasteiger partial charge in [-0.25, -0.2) is 9.78 Å². The molecule has 0 saturated heterocycles. The van der Waals surface area contributed by atoms with Crippen molar-refractivity contribution in [3.05, 3.63) is 45.5 Å². The van der Waals surface area contributed by atoms with E-state index >= 15 is 0 Å². The van der Waals surface area contributed by atoms with Gasteiger partial charge in [0.1, 0.15) is 5.65 Å². The number of nitrogens with zero attached hydrogens (tertiary/aromatic N) is 3. The highest BCUT2D eigenvalue weighted by Gasteiger charge is 2.27. The van der Waals surface area contributed by atoms with E-state index in [4.69, 9.17) is 0 Å². The first kappa shape index (κ1) is 15.5. The molecule has 2 aromatic heterocycles. The third-order valence-electron chi connectivity index (χ3n) is 3.96. The molecule has 0 fully saturated rings. The Bertz CT molecular complexity index is 833. The lowest BCUT2D eigenvalue weighted by Crippen LogP contribution is -2.50. The minimum absolute atomic E-state index is 0.0728. The predicted molar refractivity (Wildman–Crippen MR) is 88.6 cm³/mol. The number of aryl methyl sites for hydroxylation is 1. The summed E-state index contributed by atoms with van der Waals surface area (Å²) in [4.78, 5) is 31.5. The van der Waals surface area contributed by atoms with Crippen LogP contribution in [0.4, 0.5) is 4.79 Å². The van der Waals surface area contributed by atoms with Gasteiger partial charge in [-0.1, -0.05) is 6.07 Å². The van der Waals surface area contributed by atoms with Gasteiger partial charge in [-0.3, -0.25) is 9.20 Å². The van der Waals surface area contributed by atoms with Crippen molar-refractivity contribution in [1.29, 1.82) is 0 Å². The Hall–Kier alpha value is -2.37. The van der Waals surface area contributed by atoms with E-state index in [0.717, 1.165) is 11.4 Å². The zero-order chi connectivity index (χ0) is 16.8. The summed E-state index contributed by atoms with van der Waals surface area (Å²) in [7, 11) is 0. The first-order valence-corrected chi connectivity index (χ1v) is 7.83. The van der Waals surface area contributed by atoms with Crippen molar-refractivity contribution in [3.8, 4) is 0 Å². The number of carbonyl (C=O) groups excluding carboxylic acids is 1. The fourth-order valence-electron chi connectivity index (χ4n) is 2.87. The van der Waals surface area contributed by atoms with Gasteiger partial charge in [0.15, 0.2) is 0 Å². The topological polar surface area (TPSA) is 66.7 Å².